The molecular formula is C47H35N. The summed E-state index contributed by atoms with van der Waals surface area (Å²) in [5, 5.41) is 9.80. The summed E-state index contributed by atoms with van der Waals surface area (Å²) in [5.41, 5.74) is 9.68. The van der Waals surface area contributed by atoms with Gasteiger partial charge in [0.1, 0.15) is 0 Å². The zero-order valence-corrected chi connectivity index (χ0v) is 27.2. The summed E-state index contributed by atoms with van der Waals surface area (Å²) in [6.07, 6.45) is 2.25. The molecule has 0 atom stereocenters. The number of benzene rings is 8. The van der Waals surface area contributed by atoms with Gasteiger partial charge in [-0.25, -0.2) is 4.99 Å². The first kappa shape index (κ1) is 29.4. The molecule has 0 unspecified atom stereocenters. The van der Waals surface area contributed by atoms with Crippen LogP contribution in [0.5, 0.6) is 0 Å². The maximum absolute atomic E-state index is 5.34. The summed E-state index contributed by atoms with van der Waals surface area (Å²) in [6.45, 7) is 8.82. The molecule has 0 amide bonds. The molecule has 0 spiro atoms. The lowest BCUT2D eigenvalue weighted by Crippen LogP contribution is -2.01. The van der Waals surface area contributed by atoms with E-state index in [-0.39, 0.29) is 0 Å². The number of aliphatic imine (C=N–C) groups is 1. The molecule has 8 aromatic carbocycles. The van der Waals surface area contributed by atoms with E-state index in [1.807, 2.05) is 0 Å². The smallest absolute Gasteiger partial charge is 0.0718 e. The molecule has 1 nitrogen and oxygen atoms in total. The van der Waals surface area contributed by atoms with Crippen LogP contribution in [0.4, 0.5) is 0 Å². The first-order chi connectivity index (χ1) is 23.5. The Morgan fingerprint density at radius 3 is 1.50 bits per heavy atom. The van der Waals surface area contributed by atoms with Crippen LogP contribution in [-0.4, -0.2) is 5.71 Å². The summed E-state index contributed by atoms with van der Waals surface area (Å²) in [6, 6.07) is 56.4. The monoisotopic (exact) mass is 613 g/mol. The highest BCUT2D eigenvalue weighted by atomic mass is 14.8. The fourth-order valence-electron chi connectivity index (χ4n) is 6.91. The number of allylic oxidation sites excluding steroid dienone is 2. The zero-order chi connectivity index (χ0) is 32.6. The van der Waals surface area contributed by atoms with Crippen LogP contribution in [0.15, 0.2) is 175 Å². The van der Waals surface area contributed by atoms with Crippen LogP contribution in [0, 0.1) is 6.92 Å². The third kappa shape index (κ3) is 5.40. The number of aryl methyl sites for hydroxylation is 1. The van der Waals surface area contributed by atoms with Crippen molar-refractivity contribution in [3.8, 4) is 11.1 Å². The van der Waals surface area contributed by atoms with Crippen molar-refractivity contribution in [1.82, 2.24) is 0 Å². The van der Waals surface area contributed by atoms with Gasteiger partial charge in [-0.15, -0.1) is 0 Å². The lowest BCUT2D eigenvalue weighted by molar-refractivity contribution is 1.46. The van der Waals surface area contributed by atoms with Gasteiger partial charge in [0.05, 0.1) is 11.4 Å². The van der Waals surface area contributed by atoms with Crippen LogP contribution in [0.1, 0.15) is 29.2 Å². The minimum atomic E-state index is 0.727. The quantitative estimate of drug-likeness (QED) is 0.131. The maximum atomic E-state index is 5.34. The van der Waals surface area contributed by atoms with E-state index in [9.17, 15) is 0 Å². The minimum absolute atomic E-state index is 0.727. The van der Waals surface area contributed by atoms with Crippen molar-refractivity contribution in [2.75, 3.05) is 0 Å². The van der Waals surface area contributed by atoms with Gasteiger partial charge in [0.25, 0.3) is 0 Å². The lowest BCUT2D eigenvalue weighted by Gasteiger charge is -2.15. The van der Waals surface area contributed by atoms with Crippen molar-refractivity contribution in [2.24, 2.45) is 4.99 Å². The Kier molecular flexibility index (Phi) is 7.51. The summed E-state index contributed by atoms with van der Waals surface area (Å²) in [7, 11) is 0. The molecule has 0 bridgehead atoms. The molecule has 48 heavy (non-hydrogen) atoms. The molecule has 0 radical (unpaired) electrons. The van der Waals surface area contributed by atoms with Gasteiger partial charge in [-0.05, 0) is 103 Å². The van der Waals surface area contributed by atoms with E-state index < -0.39 is 0 Å². The predicted octanol–water partition coefficient (Wildman–Crippen LogP) is 12.8. The second-order valence-corrected chi connectivity index (χ2v) is 12.6. The lowest BCUT2D eigenvalue weighted by atomic mass is 9.91. The Hall–Kier alpha value is -6.05. The van der Waals surface area contributed by atoms with Gasteiger partial charge in [0.2, 0.25) is 0 Å². The van der Waals surface area contributed by atoms with Gasteiger partial charge >= 0.3 is 0 Å². The Morgan fingerprint density at radius 1 is 0.500 bits per heavy atom. The van der Waals surface area contributed by atoms with E-state index in [0.29, 0.717) is 0 Å². The Balaban J connectivity index is 1.31. The zero-order valence-electron chi connectivity index (χ0n) is 27.2. The number of hydrogen-bond donors (Lipinski definition) is 0. The van der Waals surface area contributed by atoms with Crippen molar-refractivity contribution >= 4 is 60.1 Å². The normalized spacial score (nSPS) is 12.3. The van der Waals surface area contributed by atoms with Crippen molar-refractivity contribution in [3.05, 3.63) is 193 Å². The molecule has 0 heterocycles. The molecular weight excluding hydrogens is 579 g/mol. The second kappa shape index (κ2) is 12.3. The van der Waals surface area contributed by atoms with Crippen LogP contribution < -0.4 is 0 Å². The van der Waals surface area contributed by atoms with Crippen molar-refractivity contribution < 1.29 is 0 Å². The molecule has 0 saturated carbocycles. The molecule has 0 aliphatic heterocycles. The van der Waals surface area contributed by atoms with E-state index in [2.05, 4.69) is 184 Å². The Morgan fingerprint density at radius 2 is 0.938 bits per heavy atom. The summed E-state index contributed by atoms with van der Waals surface area (Å²) >= 11 is 0. The van der Waals surface area contributed by atoms with E-state index >= 15 is 0 Å². The van der Waals surface area contributed by atoms with Crippen LogP contribution in [0.2, 0.25) is 0 Å². The average molecular weight is 614 g/mol. The highest BCUT2D eigenvalue weighted by molar-refractivity contribution is 6.25. The van der Waals surface area contributed by atoms with Crippen molar-refractivity contribution in [3.63, 3.8) is 0 Å². The second-order valence-electron chi connectivity index (χ2n) is 12.6. The fourth-order valence-corrected chi connectivity index (χ4v) is 6.91. The summed E-state index contributed by atoms with van der Waals surface area (Å²) < 4.78 is 0. The molecule has 228 valence electrons. The Labute approximate surface area is 281 Å². The standard InChI is InChI=1S/C47H35N/c1-31-20-22-35(23-21-31)36-26-24-34(25-27-36)33(3)48-47(46-30-38-13-5-7-15-40(38)42-17-9-11-19-44(42)46)28-32(2)45-29-37-12-4-6-14-39(37)41-16-8-10-18-43(41)45/h4-30H,3H2,1-2H3/b32-28+,48-47+. The van der Waals surface area contributed by atoms with Gasteiger partial charge < -0.3 is 0 Å². The van der Waals surface area contributed by atoms with Crippen LogP contribution >= 0.6 is 0 Å². The first-order valence-electron chi connectivity index (χ1n) is 16.5. The van der Waals surface area contributed by atoms with Crippen LogP contribution in [0.25, 0.3) is 65.5 Å². The molecule has 1 heteroatoms. The van der Waals surface area contributed by atoms with E-state index in [1.165, 1.54) is 65.3 Å². The van der Waals surface area contributed by atoms with Gasteiger partial charge in [0.15, 0.2) is 0 Å². The SMILES string of the molecule is C=C(/N=C(\C=C(/C)c1cc2ccccc2c2ccccc12)c1cc2ccccc2c2ccccc12)c1ccc(-c2ccc(C)cc2)cc1. The number of rotatable bonds is 6. The molecule has 0 saturated heterocycles. The van der Waals surface area contributed by atoms with Crippen molar-refractivity contribution in [1.29, 1.82) is 0 Å². The summed E-state index contributed by atoms with van der Waals surface area (Å²) in [4.78, 5) is 5.34. The highest BCUT2D eigenvalue weighted by Crippen LogP contribution is 2.35. The molecule has 8 rings (SSSR count). The maximum Gasteiger partial charge on any atom is 0.0718 e. The third-order valence-corrected chi connectivity index (χ3v) is 9.45. The van der Waals surface area contributed by atoms with E-state index in [0.717, 1.165) is 28.1 Å². The van der Waals surface area contributed by atoms with Crippen LogP contribution in [0.3, 0.4) is 0 Å². The minimum Gasteiger partial charge on any atom is -0.248 e. The third-order valence-electron chi connectivity index (χ3n) is 9.45. The number of hydrogen-bond acceptors (Lipinski definition) is 1. The highest BCUT2D eigenvalue weighted by Gasteiger charge is 2.14. The number of fused-ring (bicyclic) bond motifs is 6. The van der Waals surface area contributed by atoms with Gasteiger partial charge in [0, 0.05) is 5.56 Å². The molecule has 0 aliphatic carbocycles. The fraction of sp³-hybridized carbons (Fsp3) is 0.0426. The van der Waals surface area contributed by atoms with Crippen LogP contribution in [-0.2, 0) is 0 Å². The molecule has 0 N–H and O–H groups in total. The average Bonchev–Trinajstić information content (AvgIpc) is 3.14. The van der Waals surface area contributed by atoms with E-state index in [1.54, 1.807) is 0 Å². The Bertz CT molecular complexity index is 2560. The first-order valence-corrected chi connectivity index (χ1v) is 16.5. The van der Waals surface area contributed by atoms with Crippen molar-refractivity contribution in [2.45, 2.75) is 13.8 Å². The predicted molar refractivity (Wildman–Crippen MR) is 209 cm³/mol. The molecule has 0 aromatic heterocycles. The van der Waals surface area contributed by atoms with Gasteiger partial charge in [-0.3, -0.25) is 0 Å². The molecule has 8 aromatic rings. The van der Waals surface area contributed by atoms with E-state index in [4.69, 9.17) is 4.99 Å². The van der Waals surface area contributed by atoms with Gasteiger partial charge in [-0.1, -0.05) is 158 Å². The molecule has 0 fully saturated rings. The summed E-state index contributed by atoms with van der Waals surface area (Å²) in [5.74, 6) is 0. The van der Waals surface area contributed by atoms with Gasteiger partial charge in [-0.2, -0.15) is 0 Å². The largest absolute Gasteiger partial charge is 0.248 e. The number of nitrogens with zero attached hydrogens (tertiary/aromatic N) is 1. The topological polar surface area (TPSA) is 12.4 Å². The molecule has 0 aliphatic rings.